The fourth-order valence-corrected chi connectivity index (χ4v) is 3.04. The van der Waals surface area contributed by atoms with Gasteiger partial charge in [-0.15, -0.1) is 0 Å². The van der Waals surface area contributed by atoms with Crippen LogP contribution in [0.1, 0.15) is 39.3 Å². The van der Waals surface area contributed by atoms with Crippen LogP contribution in [0.3, 0.4) is 0 Å². The molecule has 0 atom stereocenters. The van der Waals surface area contributed by atoms with Crippen LogP contribution in [0.4, 0.5) is 11.6 Å². The van der Waals surface area contributed by atoms with Crippen LogP contribution in [0.5, 0.6) is 0 Å². The molecule has 0 radical (unpaired) electrons. The maximum absolute atomic E-state index is 12.6. The third-order valence-corrected chi connectivity index (χ3v) is 4.49. The lowest BCUT2D eigenvalue weighted by Crippen LogP contribution is -2.17. The molecule has 0 saturated carbocycles. The largest absolute Gasteiger partial charge is 0.354 e. The molecule has 144 valence electrons. The number of nitrogens with one attached hydrogen (secondary N) is 2. The highest BCUT2D eigenvalue weighted by atomic mass is 16.1. The number of nitrogens with zero attached hydrogens (tertiary/aromatic N) is 2. The lowest BCUT2D eigenvalue weighted by atomic mass is 10.1. The number of anilines is 2. The molecule has 1 heterocycles. The third-order valence-electron chi connectivity index (χ3n) is 4.49. The number of carbonyl (C=O) groups excluding carboxylic acids is 1. The molecule has 3 aromatic rings. The van der Waals surface area contributed by atoms with Crippen molar-refractivity contribution >= 4 is 17.5 Å². The second kappa shape index (κ2) is 9.13. The van der Waals surface area contributed by atoms with E-state index in [-0.39, 0.29) is 5.91 Å². The van der Waals surface area contributed by atoms with Crippen molar-refractivity contribution in [3.05, 3.63) is 82.7 Å². The number of aryl methyl sites for hydroxylation is 4. The molecule has 2 N–H and O–H groups in total. The number of hydrogen-bond acceptors (Lipinski definition) is 4. The van der Waals surface area contributed by atoms with Gasteiger partial charge >= 0.3 is 0 Å². The first-order valence-electron chi connectivity index (χ1n) is 9.53. The minimum atomic E-state index is -0.232. The SMILES string of the molecule is Cc1ccc(NC(=O)c2cc(C)nc(NCCCc3ccccc3)n2)c(C)c1. The summed E-state index contributed by atoms with van der Waals surface area (Å²) in [6.07, 6.45) is 1.95. The van der Waals surface area contributed by atoms with E-state index < -0.39 is 0 Å². The highest BCUT2D eigenvalue weighted by Gasteiger charge is 2.12. The Morgan fingerprint density at radius 1 is 0.964 bits per heavy atom. The Bertz CT molecular complexity index is 954. The van der Waals surface area contributed by atoms with Crippen LogP contribution in [-0.4, -0.2) is 22.4 Å². The molecule has 0 saturated heterocycles. The fraction of sp³-hybridized carbons (Fsp3) is 0.261. The van der Waals surface area contributed by atoms with Crippen LogP contribution in [0.2, 0.25) is 0 Å². The molecule has 0 aliphatic carbocycles. The molecule has 0 bridgehead atoms. The van der Waals surface area contributed by atoms with Crippen LogP contribution in [-0.2, 0) is 6.42 Å². The molecule has 0 fully saturated rings. The molecule has 3 rings (SSSR count). The first kappa shape index (κ1) is 19.5. The summed E-state index contributed by atoms with van der Waals surface area (Å²) in [5, 5.41) is 6.17. The Kier molecular flexibility index (Phi) is 6.37. The molecular weight excluding hydrogens is 348 g/mol. The van der Waals surface area contributed by atoms with Gasteiger partial charge in [-0.25, -0.2) is 9.97 Å². The van der Waals surface area contributed by atoms with E-state index in [9.17, 15) is 4.79 Å². The molecular formula is C23H26N4O. The number of benzene rings is 2. The van der Waals surface area contributed by atoms with Gasteiger partial charge in [0.25, 0.3) is 5.91 Å². The van der Waals surface area contributed by atoms with Gasteiger partial charge in [-0.05, 0) is 56.9 Å². The van der Waals surface area contributed by atoms with Crippen molar-refractivity contribution in [1.29, 1.82) is 0 Å². The highest BCUT2D eigenvalue weighted by molar-refractivity contribution is 6.03. The topological polar surface area (TPSA) is 66.9 Å². The normalized spacial score (nSPS) is 10.5. The van der Waals surface area contributed by atoms with Crippen molar-refractivity contribution < 1.29 is 4.79 Å². The van der Waals surface area contributed by atoms with Crippen LogP contribution >= 0.6 is 0 Å². The van der Waals surface area contributed by atoms with Gasteiger partial charge < -0.3 is 10.6 Å². The van der Waals surface area contributed by atoms with Crippen molar-refractivity contribution in [2.24, 2.45) is 0 Å². The molecule has 0 aliphatic heterocycles. The van der Waals surface area contributed by atoms with Crippen molar-refractivity contribution in [2.45, 2.75) is 33.6 Å². The van der Waals surface area contributed by atoms with Gasteiger partial charge in [0.05, 0.1) is 0 Å². The fourth-order valence-electron chi connectivity index (χ4n) is 3.04. The van der Waals surface area contributed by atoms with E-state index in [1.165, 1.54) is 5.56 Å². The van der Waals surface area contributed by atoms with Gasteiger partial charge in [-0.2, -0.15) is 0 Å². The monoisotopic (exact) mass is 374 g/mol. The highest BCUT2D eigenvalue weighted by Crippen LogP contribution is 2.17. The van der Waals surface area contributed by atoms with E-state index in [2.05, 4.69) is 32.7 Å². The molecule has 0 aliphatic rings. The number of aromatic nitrogens is 2. The van der Waals surface area contributed by atoms with Gasteiger partial charge in [0, 0.05) is 17.9 Å². The minimum Gasteiger partial charge on any atom is -0.354 e. The first-order chi connectivity index (χ1) is 13.5. The molecule has 5 heteroatoms. The Labute approximate surface area is 166 Å². The second-order valence-electron chi connectivity index (χ2n) is 7.01. The third kappa shape index (κ3) is 5.39. The standard InChI is InChI=1S/C23H26N4O/c1-16-11-12-20(17(2)14-16)26-22(28)21-15-18(3)25-23(27-21)24-13-7-10-19-8-5-4-6-9-19/h4-6,8-9,11-12,14-15H,7,10,13H2,1-3H3,(H,26,28)(H,24,25,27). The van der Waals surface area contributed by atoms with Crippen molar-refractivity contribution in [3.63, 3.8) is 0 Å². The second-order valence-corrected chi connectivity index (χ2v) is 7.01. The molecule has 2 aromatic carbocycles. The summed E-state index contributed by atoms with van der Waals surface area (Å²) in [6, 6.07) is 18.0. The maximum atomic E-state index is 12.6. The zero-order valence-electron chi connectivity index (χ0n) is 16.6. The summed E-state index contributed by atoms with van der Waals surface area (Å²) in [5.74, 6) is 0.253. The van der Waals surface area contributed by atoms with Crippen LogP contribution in [0.15, 0.2) is 54.6 Å². The van der Waals surface area contributed by atoms with E-state index in [4.69, 9.17) is 0 Å². The predicted molar refractivity (Wildman–Crippen MR) is 114 cm³/mol. The summed E-state index contributed by atoms with van der Waals surface area (Å²) < 4.78 is 0. The van der Waals surface area contributed by atoms with Crippen molar-refractivity contribution in [1.82, 2.24) is 9.97 Å². The smallest absolute Gasteiger partial charge is 0.274 e. The zero-order chi connectivity index (χ0) is 19.9. The van der Waals surface area contributed by atoms with Crippen LogP contribution < -0.4 is 10.6 Å². The zero-order valence-corrected chi connectivity index (χ0v) is 16.6. The predicted octanol–water partition coefficient (Wildman–Crippen LogP) is 4.70. The molecule has 1 amide bonds. The number of hydrogen-bond donors (Lipinski definition) is 2. The summed E-state index contributed by atoms with van der Waals surface area (Å²) in [4.78, 5) is 21.4. The van der Waals surface area contributed by atoms with E-state index in [0.29, 0.717) is 11.6 Å². The average molecular weight is 374 g/mol. The van der Waals surface area contributed by atoms with Gasteiger partial charge in [-0.3, -0.25) is 4.79 Å². The molecule has 1 aromatic heterocycles. The molecule has 0 spiro atoms. The molecule has 28 heavy (non-hydrogen) atoms. The van der Waals surface area contributed by atoms with E-state index in [0.717, 1.165) is 41.9 Å². The Morgan fingerprint density at radius 2 is 1.75 bits per heavy atom. The minimum absolute atomic E-state index is 0.232. The van der Waals surface area contributed by atoms with Crippen LogP contribution in [0.25, 0.3) is 0 Å². The molecule has 5 nitrogen and oxygen atoms in total. The number of carbonyl (C=O) groups is 1. The number of rotatable bonds is 7. The Hall–Kier alpha value is -3.21. The Morgan fingerprint density at radius 3 is 2.50 bits per heavy atom. The van der Waals surface area contributed by atoms with Crippen molar-refractivity contribution in [2.75, 3.05) is 17.2 Å². The van der Waals surface area contributed by atoms with E-state index >= 15 is 0 Å². The van der Waals surface area contributed by atoms with Gasteiger partial charge in [0.2, 0.25) is 5.95 Å². The lowest BCUT2D eigenvalue weighted by Gasteiger charge is -2.11. The maximum Gasteiger partial charge on any atom is 0.274 e. The summed E-state index contributed by atoms with van der Waals surface area (Å²) in [6.45, 7) is 6.62. The molecule has 0 unspecified atom stereocenters. The van der Waals surface area contributed by atoms with Gasteiger partial charge in [0.15, 0.2) is 0 Å². The first-order valence-corrected chi connectivity index (χ1v) is 9.53. The lowest BCUT2D eigenvalue weighted by molar-refractivity contribution is 0.102. The summed E-state index contributed by atoms with van der Waals surface area (Å²) >= 11 is 0. The van der Waals surface area contributed by atoms with Crippen molar-refractivity contribution in [3.8, 4) is 0 Å². The van der Waals surface area contributed by atoms with Gasteiger partial charge in [0.1, 0.15) is 5.69 Å². The van der Waals surface area contributed by atoms with Gasteiger partial charge in [-0.1, -0.05) is 48.0 Å². The Balaban J connectivity index is 1.61. The summed E-state index contributed by atoms with van der Waals surface area (Å²) in [5.41, 5.74) is 5.41. The quantitative estimate of drug-likeness (QED) is 0.588. The summed E-state index contributed by atoms with van der Waals surface area (Å²) in [7, 11) is 0. The van der Waals surface area contributed by atoms with Crippen LogP contribution in [0, 0.1) is 20.8 Å². The number of amides is 1. The average Bonchev–Trinajstić information content (AvgIpc) is 2.68. The van der Waals surface area contributed by atoms with E-state index in [1.807, 2.05) is 57.2 Å². The van der Waals surface area contributed by atoms with E-state index in [1.54, 1.807) is 6.07 Å².